The number of halogens is 1. The molecule has 5 aromatic rings. The molecular weight excluding hydrogens is 510 g/mol. The van der Waals surface area contributed by atoms with Gasteiger partial charge in [-0.25, -0.2) is 4.98 Å². The molecule has 2 aromatic heterocycles. The maximum atomic E-state index is 12.7. The van der Waals surface area contributed by atoms with Crippen LogP contribution in [0, 0.1) is 6.92 Å². The second kappa shape index (κ2) is 11.1. The van der Waals surface area contributed by atoms with Gasteiger partial charge in [-0.2, -0.15) is 0 Å². The van der Waals surface area contributed by atoms with E-state index in [0.717, 1.165) is 33.1 Å². The molecule has 180 valence electrons. The summed E-state index contributed by atoms with van der Waals surface area (Å²) in [7, 11) is 0. The zero-order chi connectivity index (χ0) is 24.9. The third-order valence-electron chi connectivity index (χ3n) is 5.42. The van der Waals surface area contributed by atoms with Crippen molar-refractivity contribution in [2.24, 2.45) is 0 Å². The van der Waals surface area contributed by atoms with Crippen molar-refractivity contribution in [3.05, 3.63) is 106 Å². The molecule has 1 N–H and O–H groups in total. The SMILES string of the molecule is Cc1ccccc1-n1c(SCC(=O)Nc2ncc(Cc3cccc(Cl)c3)s2)nnc1-c1ccccc1. The van der Waals surface area contributed by atoms with Crippen molar-refractivity contribution < 1.29 is 4.79 Å². The van der Waals surface area contributed by atoms with E-state index in [-0.39, 0.29) is 11.7 Å². The number of amides is 1. The van der Waals surface area contributed by atoms with Gasteiger partial charge in [0, 0.05) is 28.1 Å². The van der Waals surface area contributed by atoms with Gasteiger partial charge in [-0.05, 0) is 36.2 Å². The molecule has 0 saturated carbocycles. The Kier molecular flexibility index (Phi) is 7.46. The van der Waals surface area contributed by atoms with Gasteiger partial charge >= 0.3 is 0 Å². The third kappa shape index (κ3) is 5.67. The number of aromatic nitrogens is 4. The summed E-state index contributed by atoms with van der Waals surface area (Å²) in [4.78, 5) is 18.2. The summed E-state index contributed by atoms with van der Waals surface area (Å²) in [6.45, 7) is 2.05. The van der Waals surface area contributed by atoms with E-state index in [4.69, 9.17) is 11.6 Å². The van der Waals surface area contributed by atoms with Crippen molar-refractivity contribution in [1.29, 1.82) is 0 Å². The number of benzene rings is 3. The van der Waals surface area contributed by atoms with Crippen LogP contribution in [0.25, 0.3) is 17.1 Å². The second-order valence-electron chi connectivity index (χ2n) is 8.07. The number of aryl methyl sites for hydroxylation is 1. The number of thiazole rings is 1. The molecule has 3 aromatic carbocycles. The van der Waals surface area contributed by atoms with Gasteiger partial charge in [0.05, 0.1) is 11.4 Å². The monoisotopic (exact) mass is 531 g/mol. The third-order valence-corrected chi connectivity index (χ3v) is 7.50. The van der Waals surface area contributed by atoms with E-state index in [0.29, 0.717) is 21.7 Å². The quantitative estimate of drug-likeness (QED) is 0.226. The Hall–Kier alpha value is -3.46. The van der Waals surface area contributed by atoms with Crippen molar-refractivity contribution in [2.75, 3.05) is 11.1 Å². The van der Waals surface area contributed by atoms with Gasteiger partial charge in [-0.1, -0.05) is 84.0 Å². The predicted molar refractivity (Wildman–Crippen MR) is 147 cm³/mol. The van der Waals surface area contributed by atoms with E-state index in [1.54, 1.807) is 6.20 Å². The molecular formula is C27H22ClN5OS2. The van der Waals surface area contributed by atoms with Crippen molar-refractivity contribution in [3.63, 3.8) is 0 Å². The summed E-state index contributed by atoms with van der Waals surface area (Å²) in [6.07, 6.45) is 2.50. The first-order chi connectivity index (χ1) is 17.6. The summed E-state index contributed by atoms with van der Waals surface area (Å²) in [5, 5.41) is 13.7. The van der Waals surface area contributed by atoms with Crippen molar-refractivity contribution in [2.45, 2.75) is 18.5 Å². The van der Waals surface area contributed by atoms with Gasteiger partial charge in [-0.3, -0.25) is 9.36 Å². The molecule has 0 spiro atoms. The lowest BCUT2D eigenvalue weighted by Crippen LogP contribution is -2.14. The Bertz CT molecular complexity index is 1500. The highest BCUT2D eigenvalue weighted by Crippen LogP contribution is 2.30. The number of rotatable bonds is 8. The largest absolute Gasteiger partial charge is 0.301 e. The molecule has 0 bridgehead atoms. The fourth-order valence-electron chi connectivity index (χ4n) is 3.75. The molecule has 2 heterocycles. The van der Waals surface area contributed by atoms with Crippen molar-refractivity contribution in [3.8, 4) is 17.1 Å². The summed E-state index contributed by atoms with van der Waals surface area (Å²) in [5.41, 5.74) is 4.13. The van der Waals surface area contributed by atoms with Gasteiger partial charge in [-0.15, -0.1) is 21.5 Å². The standard InChI is InChI=1S/C27H22ClN5OS2/c1-18-8-5-6-13-23(18)33-25(20-10-3-2-4-11-20)31-32-27(33)35-17-24(34)30-26-29-16-22(36-26)15-19-9-7-12-21(28)14-19/h2-14,16H,15,17H2,1H3,(H,29,30,34). The Morgan fingerprint density at radius 1 is 1.03 bits per heavy atom. The van der Waals surface area contributed by atoms with Crippen LogP contribution in [0.15, 0.2) is 90.2 Å². The molecule has 0 aliphatic heterocycles. The van der Waals surface area contributed by atoms with E-state index in [9.17, 15) is 4.79 Å². The number of anilines is 1. The zero-order valence-electron chi connectivity index (χ0n) is 19.4. The molecule has 0 aliphatic rings. The van der Waals surface area contributed by atoms with Gasteiger partial charge in [0.2, 0.25) is 5.91 Å². The second-order valence-corrected chi connectivity index (χ2v) is 10.6. The maximum Gasteiger partial charge on any atom is 0.236 e. The number of para-hydroxylation sites is 1. The fourth-order valence-corrected chi connectivity index (χ4v) is 5.57. The molecule has 0 aliphatic carbocycles. The van der Waals surface area contributed by atoms with Crippen LogP contribution in [-0.2, 0) is 11.2 Å². The van der Waals surface area contributed by atoms with Gasteiger partial charge < -0.3 is 5.32 Å². The minimum Gasteiger partial charge on any atom is -0.301 e. The van der Waals surface area contributed by atoms with Crippen LogP contribution in [0.2, 0.25) is 5.02 Å². The molecule has 1 amide bonds. The van der Waals surface area contributed by atoms with Crippen LogP contribution in [0.4, 0.5) is 5.13 Å². The molecule has 0 atom stereocenters. The molecule has 0 radical (unpaired) electrons. The average molecular weight is 532 g/mol. The van der Waals surface area contributed by atoms with Crippen LogP contribution < -0.4 is 5.32 Å². The van der Waals surface area contributed by atoms with Crippen LogP contribution >= 0.6 is 34.7 Å². The topological polar surface area (TPSA) is 72.7 Å². The fraction of sp³-hybridized carbons (Fsp3) is 0.111. The summed E-state index contributed by atoms with van der Waals surface area (Å²) in [6, 6.07) is 25.7. The highest BCUT2D eigenvalue weighted by atomic mass is 35.5. The first-order valence-electron chi connectivity index (χ1n) is 11.3. The van der Waals surface area contributed by atoms with E-state index < -0.39 is 0 Å². The number of carbonyl (C=O) groups excluding carboxylic acids is 1. The summed E-state index contributed by atoms with van der Waals surface area (Å²) >= 11 is 8.89. The number of hydrogen-bond acceptors (Lipinski definition) is 6. The smallest absolute Gasteiger partial charge is 0.236 e. The van der Waals surface area contributed by atoms with Gasteiger partial charge in [0.1, 0.15) is 0 Å². The highest BCUT2D eigenvalue weighted by Gasteiger charge is 2.18. The summed E-state index contributed by atoms with van der Waals surface area (Å²) in [5.74, 6) is 0.768. The molecule has 6 nitrogen and oxygen atoms in total. The number of thioether (sulfide) groups is 1. The van der Waals surface area contributed by atoms with E-state index in [2.05, 4.69) is 33.5 Å². The zero-order valence-corrected chi connectivity index (χ0v) is 21.8. The Labute approximate surface area is 222 Å². The molecule has 0 fully saturated rings. The van der Waals surface area contributed by atoms with E-state index in [1.807, 2.05) is 77.4 Å². The first kappa shape index (κ1) is 24.2. The van der Waals surface area contributed by atoms with Gasteiger partial charge in [0.15, 0.2) is 16.1 Å². The maximum absolute atomic E-state index is 12.7. The summed E-state index contributed by atoms with van der Waals surface area (Å²) < 4.78 is 2.01. The van der Waals surface area contributed by atoms with Crippen LogP contribution in [0.1, 0.15) is 16.0 Å². The molecule has 0 saturated heterocycles. The molecule has 36 heavy (non-hydrogen) atoms. The lowest BCUT2D eigenvalue weighted by molar-refractivity contribution is -0.113. The average Bonchev–Trinajstić information content (AvgIpc) is 3.50. The molecule has 5 rings (SSSR count). The lowest BCUT2D eigenvalue weighted by Gasteiger charge is -2.12. The highest BCUT2D eigenvalue weighted by molar-refractivity contribution is 7.99. The van der Waals surface area contributed by atoms with Crippen LogP contribution in [0.3, 0.4) is 0 Å². The molecule has 0 unspecified atom stereocenters. The van der Waals surface area contributed by atoms with Gasteiger partial charge in [0.25, 0.3) is 0 Å². The number of nitrogens with zero attached hydrogens (tertiary/aromatic N) is 4. The van der Waals surface area contributed by atoms with E-state index >= 15 is 0 Å². The van der Waals surface area contributed by atoms with Crippen LogP contribution in [-0.4, -0.2) is 31.4 Å². The minimum atomic E-state index is -0.149. The first-order valence-corrected chi connectivity index (χ1v) is 13.4. The predicted octanol–water partition coefficient (Wildman–Crippen LogP) is 6.67. The number of hydrogen-bond donors (Lipinski definition) is 1. The molecule has 9 heteroatoms. The Morgan fingerprint density at radius 2 is 1.83 bits per heavy atom. The van der Waals surface area contributed by atoms with Crippen LogP contribution in [0.5, 0.6) is 0 Å². The Balaban J connectivity index is 1.30. The number of carbonyl (C=O) groups is 1. The number of nitrogens with one attached hydrogen (secondary N) is 1. The normalized spacial score (nSPS) is 10.9. The minimum absolute atomic E-state index is 0.149. The lowest BCUT2D eigenvalue weighted by atomic mass is 10.1. The van der Waals surface area contributed by atoms with Crippen molar-refractivity contribution >= 4 is 45.7 Å². The van der Waals surface area contributed by atoms with Crippen molar-refractivity contribution in [1.82, 2.24) is 19.7 Å². The Morgan fingerprint density at radius 3 is 2.64 bits per heavy atom. The van der Waals surface area contributed by atoms with E-state index in [1.165, 1.54) is 23.1 Å².